The van der Waals surface area contributed by atoms with Gasteiger partial charge in [-0.25, -0.2) is 8.42 Å². The first-order valence-corrected chi connectivity index (χ1v) is 15.5. The average Bonchev–Trinajstić information content (AvgIpc) is 2.84. The largest absolute Gasteiger partial charge is 0.500 e. The molecule has 0 amide bonds. The average molecular weight is 527 g/mol. The Labute approximate surface area is 197 Å². The fourth-order valence-electron chi connectivity index (χ4n) is 3.37. The zero-order valence-electron chi connectivity index (χ0n) is 19.9. The number of benzene rings is 1. The summed E-state index contributed by atoms with van der Waals surface area (Å²) in [6, 6.07) is 6.01. The number of sulfonamides is 1. The summed E-state index contributed by atoms with van der Waals surface area (Å²) in [6.07, 6.45) is 0.728. The second-order valence-electron chi connectivity index (χ2n) is 6.93. The Morgan fingerprint density at radius 2 is 1.21 bits per heavy atom. The number of rotatable bonds is 17. The molecule has 0 saturated heterocycles. The monoisotopic (exact) mass is 526 g/mol. The van der Waals surface area contributed by atoms with Gasteiger partial charge in [0, 0.05) is 73.9 Å². The van der Waals surface area contributed by atoms with Gasteiger partial charge in [-0.15, -0.1) is 0 Å². The minimum absolute atomic E-state index is 0.0840. The van der Waals surface area contributed by atoms with Crippen LogP contribution < -0.4 is 0 Å². The van der Waals surface area contributed by atoms with Crippen LogP contribution in [0.1, 0.15) is 12.8 Å². The first-order chi connectivity index (χ1) is 15.6. The Morgan fingerprint density at radius 3 is 1.58 bits per heavy atom. The molecule has 0 saturated carbocycles. The van der Waals surface area contributed by atoms with Gasteiger partial charge < -0.3 is 26.6 Å². The molecule has 0 bridgehead atoms. The molecule has 0 fully saturated rings. The van der Waals surface area contributed by atoms with Crippen molar-refractivity contribution in [3.63, 3.8) is 0 Å². The smallest absolute Gasteiger partial charge is 0.377 e. The van der Waals surface area contributed by atoms with E-state index >= 15 is 0 Å². The molecule has 0 spiro atoms. The molecule has 190 valence electrons. The van der Waals surface area contributed by atoms with Gasteiger partial charge in [0.1, 0.15) is 0 Å². The SMILES string of the molecule is CO[Si](CCCN(CCC[Si](OC)(OC)OC)S(=O)(=O)c1ccccc1[N+](=O)[O-])(OC)OC. The number of nitro benzene ring substituents is 1. The van der Waals surface area contributed by atoms with E-state index in [4.69, 9.17) is 26.6 Å². The molecule has 0 aliphatic rings. The van der Waals surface area contributed by atoms with Crippen LogP contribution in [0.3, 0.4) is 0 Å². The van der Waals surface area contributed by atoms with Crippen LogP contribution in [0.25, 0.3) is 0 Å². The second kappa shape index (κ2) is 13.6. The molecule has 1 aromatic rings. The molecule has 1 aromatic carbocycles. The van der Waals surface area contributed by atoms with Crippen molar-refractivity contribution in [2.45, 2.75) is 29.8 Å². The number of nitrogens with zero attached hydrogens (tertiary/aromatic N) is 2. The summed E-state index contributed by atoms with van der Waals surface area (Å²) in [5.74, 6) is 0. The topological polar surface area (TPSA) is 136 Å². The molecule has 33 heavy (non-hydrogen) atoms. The standard InChI is InChI=1S/C18H34N2O10SSi2/c1-25-32(26-2,27-3)15-9-13-19(14-10-16-33(28-4,29-5)30-6)31(23,24)18-12-8-7-11-17(18)20(21)22/h7-8,11-12H,9-10,13-16H2,1-6H3. The molecule has 0 heterocycles. The summed E-state index contributed by atoms with van der Waals surface area (Å²) in [4.78, 5) is 10.4. The van der Waals surface area contributed by atoms with Crippen molar-refractivity contribution < 1.29 is 39.9 Å². The lowest BCUT2D eigenvalue weighted by molar-refractivity contribution is -0.387. The maximum absolute atomic E-state index is 13.4. The van der Waals surface area contributed by atoms with E-state index in [2.05, 4.69) is 0 Å². The van der Waals surface area contributed by atoms with Crippen LogP contribution in [-0.2, 0) is 36.6 Å². The lowest BCUT2D eigenvalue weighted by Gasteiger charge is -2.28. The molecule has 0 aliphatic carbocycles. The van der Waals surface area contributed by atoms with Gasteiger partial charge in [0.15, 0.2) is 4.90 Å². The van der Waals surface area contributed by atoms with Crippen molar-refractivity contribution in [2.24, 2.45) is 0 Å². The summed E-state index contributed by atoms with van der Waals surface area (Å²) in [5.41, 5.74) is -0.480. The van der Waals surface area contributed by atoms with Crippen LogP contribution in [0.5, 0.6) is 0 Å². The third kappa shape index (κ3) is 7.61. The maximum atomic E-state index is 13.4. The molecule has 0 N–H and O–H groups in total. The van der Waals surface area contributed by atoms with Crippen molar-refractivity contribution in [2.75, 3.05) is 55.7 Å². The normalized spacial score (nSPS) is 12.9. The van der Waals surface area contributed by atoms with Crippen molar-refractivity contribution in [3.05, 3.63) is 34.4 Å². The van der Waals surface area contributed by atoms with E-state index in [1.165, 1.54) is 71.2 Å². The summed E-state index contributed by atoms with van der Waals surface area (Å²) < 4.78 is 60.5. The molecule has 0 unspecified atom stereocenters. The van der Waals surface area contributed by atoms with Crippen LogP contribution in [0.15, 0.2) is 29.2 Å². The molecule has 0 aliphatic heterocycles. The first kappa shape index (κ1) is 29.8. The van der Waals surface area contributed by atoms with E-state index in [9.17, 15) is 18.5 Å². The van der Waals surface area contributed by atoms with E-state index in [0.29, 0.717) is 24.9 Å². The second-order valence-corrected chi connectivity index (χ2v) is 15.0. The highest BCUT2D eigenvalue weighted by Crippen LogP contribution is 2.28. The molecule has 1 rings (SSSR count). The van der Waals surface area contributed by atoms with Crippen LogP contribution in [0.2, 0.25) is 12.1 Å². The molecule has 0 atom stereocenters. The number of hydrogen-bond donors (Lipinski definition) is 0. The summed E-state index contributed by atoms with van der Waals surface area (Å²) in [6.45, 7) is 0.168. The zero-order valence-corrected chi connectivity index (χ0v) is 22.8. The Morgan fingerprint density at radius 1 is 0.818 bits per heavy atom. The fourth-order valence-corrected chi connectivity index (χ4v) is 8.46. The van der Waals surface area contributed by atoms with Gasteiger partial charge in [-0.2, -0.15) is 4.31 Å². The number of nitro groups is 1. The van der Waals surface area contributed by atoms with E-state index in [0.717, 1.165) is 0 Å². The third-order valence-corrected chi connectivity index (χ3v) is 12.9. The molecular weight excluding hydrogens is 492 g/mol. The van der Waals surface area contributed by atoms with Crippen LogP contribution in [0, 0.1) is 10.1 Å². The molecule has 15 heteroatoms. The van der Waals surface area contributed by atoms with Gasteiger partial charge in [0.05, 0.1) is 4.92 Å². The molecule has 0 radical (unpaired) electrons. The predicted octanol–water partition coefficient (Wildman–Crippen LogP) is 2.12. The highest BCUT2D eigenvalue weighted by atomic mass is 32.2. The molecular formula is C18H34N2O10SSi2. The molecule has 0 aromatic heterocycles. The lowest BCUT2D eigenvalue weighted by Crippen LogP contribution is -2.44. The van der Waals surface area contributed by atoms with Gasteiger partial charge in [0.2, 0.25) is 10.0 Å². The van der Waals surface area contributed by atoms with E-state index < -0.39 is 38.2 Å². The Hall–Kier alpha value is -1.28. The zero-order chi connectivity index (χ0) is 25.1. The van der Waals surface area contributed by atoms with Gasteiger partial charge in [0.25, 0.3) is 5.69 Å². The van der Waals surface area contributed by atoms with Crippen LogP contribution >= 0.6 is 0 Å². The number of para-hydroxylation sites is 1. The van der Waals surface area contributed by atoms with Gasteiger partial charge in [-0.1, -0.05) is 12.1 Å². The highest BCUT2D eigenvalue weighted by Gasteiger charge is 2.40. The van der Waals surface area contributed by atoms with E-state index in [-0.39, 0.29) is 18.0 Å². The first-order valence-electron chi connectivity index (χ1n) is 10.1. The maximum Gasteiger partial charge on any atom is 0.500 e. The van der Waals surface area contributed by atoms with E-state index in [1.807, 2.05) is 0 Å². The lowest BCUT2D eigenvalue weighted by atomic mass is 10.3. The molecule has 12 nitrogen and oxygen atoms in total. The van der Waals surface area contributed by atoms with Gasteiger partial charge >= 0.3 is 17.6 Å². The minimum Gasteiger partial charge on any atom is -0.377 e. The third-order valence-electron chi connectivity index (χ3n) is 5.33. The van der Waals surface area contributed by atoms with Gasteiger partial charge in [-0.05, 0) is 18.9 Å². The highest BCUT2D eigenvalue weighted by molar-refractivity contribution is 7.89. The van der Waals surface area contributed by atoms with Crippen molar-refractivity contribution in [1.82, 2.24) is 4.31 Å². The summed E-state index contributed by atoms with van der Waals surface area (Å²) in [5, 5.41) is 11.4. The fraction of sp³-hybridized carbons (Fsp3) is 0.667. The summed E-state index contributed by atoms with van der Waals surface area (Å²) >= 11 is 0. The Balaban J connectivity index is 3.17. The summed E-state index contributed by atoms with van der Waals surface area (Å²) in [7, 11) is -1.13. The Bertz CT molecular complexity index is 808. The number of hydrogen-bond acceptors (Lipinski definition) is 10. The van der Waals surface area contributed by atoms with Crippen LogP contribution in [0.4, 0.5) is 5.69 Å². The minimum atomic E-state index is -4.17. The van der Waals surface area contributed by atoms with E-state index in [1.54, 1.807) is 0 Å². The van der Waals surface area contributed by atoms with Crippen molar-refractivity contribution in [3.8, 4) is 0 Å². The Kier molecular flexibility index (Phi) is 12.2. The van der Waals surface area contributed by atoms with Gasteiger partial charge in [-0.3, -0.25) is 10.1 Å². The quantitative estimate of drug-likeness (QED) is 0.169. The van der Waals surface area contributed by atoms with Crippen molar-refractivity contribution >= 4 is 33.3 Å². The predicted molar refractivity (Wildman–Crippen MR) is 124 cm³/mol. The van der Waals surface area contributed by atoms with Crippen LogP contribution in [-0.4, -0.2) is 91.0 Å². The van der Waals surface area contributed by atoms with Crippen molar-refractivity contribution in [1.29, 1.82) is 0 Å².